The minimum atomic E-state index is -0.315. The molecule has 0 N–H and O–H groups in total. The molecule has 124 valence electrons. The van der Waals surface area contributed by atoms with E-state index in [1.165, 1.54) is 0 Å². The molecule has 5 heteroatoms. The van der Waals surface area contributed by atoms with Gasteiger partial charge >= 0.3 is 5.97 Å². The first-order valence-electron chi connectivity index (χ1n) is 7.52. The minimum absolute atomic E-state index is 0.101. The summed E-state index contributed by atoms with van der Waals surface area (Å²) in [5, 5.41) is 9.02. The largest absolute Gasteiger partial charge is 0.497 e. The van der Waals surface area contributed by atoms with Gasteiger partial charge in [0, 0.05) is 18.1 Å². The summed E-state index contributed by atoms with van der Waals surface area (Å²) in [6.07, 6.45) is 0.761. The summed E-state index contributed by atoms with van der Waals surface area (Å²) in [7, 11) is 3.17. The van der Waals surface area contributed by atoms with Crippen LogP contribution in [0.1, 0.15) is 23.1 Å². The van der Waals surface area contributed by atoms with Gasteiger partial charge in [0.25, 0.3) is 0 Å². The van der Waals surface area contributed by atoms with Crippen LogP contribution in [0.5, 0.6) is 11.5 Å². The Morgan fingerprint density at radius 2 is 1.75 bits per heavy atom. The van der Waals surface area contributed by atoms with Gasteiger partial charge in [0.05, 0.1) is 25.9 Å². The predicted molar refractivity (Wildman–Crippen MR) is 88.8 cm³/mol. The van der Waals surface area contributed by atoms with Crippen LogP contribution in [-0.4, -0.2) is 20.2 Å². The Hall–Kier alpha value is -3.00. The second kappa shape index (κ2) is 8.59. The topological polar surface area (TPSA) is 68.5 Å². The quantitative estimate of drug-likeness (QED) is 0.731. The molecule has 0 aliphatic carbocycles. The van der Waals surface area contributed by atoms with Crippen LogP contribution in [0.25, 0.3) is 0 Å². The van der Waals surface area contributed by atoms with Gasteiger partial charge in [0.1, 0.15) is 18.1 Å². The monoisotopic (exact) mass is 325 g/mol. The van der Waals surface area contributed by atoms with Crippen LogP contribution >= 0.6 is 0 Å². The molecule has 2 aromatic carbocycles. The van der Waals surface area contributed by atoms with E-state index in [-0.39, 0.29) is 19.0 Å². The number of aryl methyl sites for hydroxylation is 1. The third-order valence-electron chi connectivity index (χ3n) is 3.56. The maximum Gasteiger partial charge on any atom is 0.306 e. The van der Waals surface area contributed by atoms with Gasteiger partial charge in [-0.2, -0.15) is 5.26 Å². The maximum atomic E-state index is 11.9. The number of benzene rings is 2. The normalized spacial score (nSPS) is 9.88. The van der Waals surface area contributed by atoms with E-state index < -0.39 is 0 Å². The molecule has 0 unspecified atom stereocenters. The van der Waals surface area contributed by atoms with Crippen LogP contribution in [0, 0.1) is 11.3 Å². The van der Waals surface area contributed by atoms with E-state index in [1.54, 1.807) is 38.5 Å². The molecule has 0 aromatic heterocycles. The third kappa shape index (κ3) is 4.75. The third-order valence-corrected chi connectivity index (χ3v) is 3.56. The molecule has 24 heavy (non-hydrogen) atoms. The van der Waals surface area contributed by atoms with E-state index in [1.807, 2.05) is 18.2 Å². The van der Waals surface area contributed by atoms with Gasteiger partial charge in [-0.05, 0) is 30.2 Å². The highest BCUT2D eigenvalue weighted by Crippen LogP contribution is 2.23. The highest BCUT2D eigenvalue weighted by Gasteiger charge is 2.08. The first-order chi connectivity index (χ1) is 11.7. The van der Waals surface area contributed by atoms with Crippen LogP contribution in [-0.2, 0) is 22.6 Å². The zero-order valence-electron chi connectivity index (χ0n) is 13.7. The van der Waals surface area contributed by atoms with Crippen molar-refractivity contribution in [2.24, 2.45) is 0 Å². The van der Waals surface area contributed by atoms with Gasteiger partial charge in [-0.1, -0.05) is 18.2 Å². The molecule has 0 radical (unpaired) electrons. The molecule has 0 aliphatic rings. The number of rotatable bonds is 7. The summed E-state index contributed by atoms with van der Waals surface area (Å²) in [4.78, 5) is 11.9. The summed E-state index contributed by atoms with van der Waals surface area (Å²) < 4.78 is 15.7. The fraction of sp³-hybridized carbons (Fsp3) is 0.263. The highest BCUT2D eigenvalue weighted by atomic mass is 16.5. The molecular formula is C19H19NO4. The van der Waals surface area contributed by atoms with Crippen molar-refractivity contribution in [2.75, 3.05) is 14.2 Å². The Bertz CT molecular complexity index is 727. The molecule has 0 atom stereocenters. The first kappa shape index (κ1) is 17.4. The number of esters is 1. The summed E-state index contributed by atoms with van der Waals surface area (Å²) in [5.41, 5.74) is 2.15. The van der Waals surface area contributed by atoms with Crippen LogP contribution < -0.4 is 9.47 Å². The van der Waals surface area contributed by atoms with Crippen molar-refractivity contribution in [1.29, 1.82) is 5.26 Å². The second-order valence-corrected chi connectivity index (χ2v) is 5.15. The number of carbonyl (C=O) groups is 1. The van der Waals surface area contributed by atoms with Crippen molar-refractivity contribution in [1.82, 2.24) is 0 Å². The van der Waals surface area contributed by atoms with Crippen LogP contribution in [0.15, 0.2) is 42.5 Å². The van der Waals surface area contributed by atoms with Crippen molar-refractivity contribution >= 4 is 5.97 Å². The SMILES string of the molecule is COc1cc(CCC(=O)OCc2ccccc2C#N)cc(OC)c1. The standard InChI is InChI=1S/C19H19NO4/c1-22-17-9-14(10-18(11-17)23-2)7-8-19(21)24-13-16-6-4-3-5-15(16)12-20/h3-6,9-11H,7-8,13H2,1-2H3. The lowest BCUT2D eigenvalue weighted by Crippen LogP contribution is -2.07. The Labute approximate surface area is 141 Å². The van der Waals surface area contributed by atoms with Gasteiger partial charge in [-0.25, -0.2) is 0 Å². The zero-order chi connectivity index (χ0) is 17.4. The number of carbonyl (C=O) groups excluding carboxylic acids is 1. The number of ether oxygens (including phenoxy) is 3. The molecular weight excluding hydrogens is 306 g/mol. The lowest BCUT2D eigenvalue weighted by Gasteiger charge is -2.09. The van der Waals surface area contributed by atoms with Crippen molar-refractivity contribution in [2.45, 2.75) is 19.4 Å². The second-order valence-electron chi connectivity index (χ2n) is 5.15. The molecule has 0 saturated carbocycles. The molecule has 0 fully saturated rings. The summed E-state index contributed by atoms with van der Waals surface area (Å²) in [6.45, 7) is 0.101. The fourth-order valence-electron chi connectivity index (χ4n) is 2.24. The lowest BCUT2D eigenvalue weighted by molar-refractivity contribution is -0.144. The number of hydrogen-bond acceptors (Lipinski definition) is 5. The smallest absolute Gasteiger partial charge is 0.306 e. The molecule has 2 aromatic rings. The predicted octanol–water partition coefficient (Wildman–Crippen LogP) is 3.25. The number of methoxy groups -OCH3 is 2. The Morgan fingerprint density at radius 1 is 1.08 bits per heavy atom. The zero-order valence-corrected chi connectivity index (χ0v) is 13.7. The van der Waals surface area contributed by atoms with Crippen molar-refractivity contribution < 1.29 is 19.0 Å². The lowest BCUT2D eigenvalue weighted by atomic mass is 10.1. The van der Waals surface area contributed by atoms with E-state index in [2.05, 4.69) is 6.07 Å². The van der Waals surface area contributed by atoms with Gasteiger partial charge in [-0.15, -0.1) is 0 Å². The Morgan fingerprint density at radius 3 is 2.38 bits per heavy atom. The number of hydrogen-bond donors (Lipinski definition) is 0. The summed E-state index contributed by atoms with van der Waals surface area (Å²) in [6, 6.07) is 14.7. The minimum Gasteiger partial charge on any atom is -0.497 e. The fourth-order valence-corrected chi connectivity index (χ4v) is 2.24. The van der Waals surface area contributed by atoms with Gasteiger partial charge in [-0.3, -0.25) is 4.79 Å². The molecule has 0 heterocycles. The molecule has 0 saturated heterocycles. The van der Waals surface area contributed by atoms with Crippen LogP contribution in [0.3, 0.4) is 0 Å². The number of nitriles is 1. The first-order valence-corrected chi connectivity index (χ1v) is 7.52. The van der Waals surface area contributed by atoms with Crippen molar-refractivity contribution in [3.8, 4) is 17.6 Å². The average Bonchev–Trinajstić information content (AvgIpc) is 2.64. The molecule has 0 bridgehead atoms. The maximum absolute atomic E-state index is 11.9. The molecule has 0 aliphatic heterocycles. The van der Waals surface area contributed by atoms with Crippen molar-refractivity contribution in [3.63, 3.8) is 0 Å². The highest BCUT2D eigenvalue weighted by molar-refractivity contribution is 5.69. The Kier molecular flexibility index (Phi) is 6.21. The van der Waals surface area contributed by atoms with Gasteiger partial charge < -0.3 is 14.2 Å². The van der Waals surface area contributed by atoms with E-state index in [0.717, 1.165) is 5.56 Å². The van der Waals surface area contributed by atoms with E-state index >= 15 is 0 Å². The van der Waals surface area contributed by atoms with Crippen LogP contribution in [0.2, 0.25) is 0 Å². The Balaban J connectivity index is 1.91. The summed E-state index contributed by atoms with van der Waals surface area (Å²) >= 11 is 0. The van der Waals surface area contributed by atoms with E-state index in [4.69, 9.17) is 19.5 Å². The molecule has 2 rings (SSSR count). The van der Waals surface area contributed by atoms with Gasteiger partial charge in [0.2, 0.25) is 0 Å². The molecule has 0 amide bonds. The molecule has 0 spiro atoms. The molecule has 5 nitrogen and oxygen atoms in total. The van der Waals surface area contributed by atoms with Gasteiger partial charge in [0.15, 0.2) is 0 Å². The van der Waals surface area contributed by atoms with Crippen molar-refractivity contribution in [3.05, 3.63) is 59.2 Å². The van der Waals surface area contributed by atoms with E-state index in [0.29, 0.717) is 29.0 Å². The number of nitrogens with zero attached hydrogens (tertiary/aromatic N) is 1. The summed E-state index contributed by atoms with van der Waals surface area (Å²) in [5.74, 6) is 1.05. The van der Waals surface area contributed by atoms with Crippen LogP contribution in [0.4, 0.5) is 0 Å². The van der Waals surface area contributed by atoms with E-state index in [9.17, 15) is 4.79 Å². The average molecular weight is 325 g/mol.